The molecule has 3 heteroatoms. The van der Waals surface area contributed by atoms with Crippen LogP contribution in [0.2, 0.25) is 0 Å². The molecule has 1 aromatic heterocycles. The third kappa shape index (κ3) is 3.49. The Hall–Kier alpha value is -1.09. The van der Waals surface area contributed by atoms with Crippen molar-refractivity contribution in [3.63, 3.8) is 0 Å². The van der Waals surface area contributed by atoms with Crippen LogP contribution >= 0.6 is 0 Å². The Morgan fingerprint density at radius 3 is 2.62 bits per heavy atom. The van der Waals surface area contributed by atoms with E-state index in [0.717, 1.165) is 24.4 Å². The van der Waals surface area contributed by atoms with Crippen LogP contribution in [-0.2, 0) is 13.2 Å². The predicted molar refractivity (Wildman–Crippen MR) is 65.5 cm³/mol. The fourth-order valence-electron chi connectivity index (χ4n) is 1.94. The molecule has 1 heterocycles. The number of unbranched alkanes of at least 4 members (excludes halogenated alkanes) is 3. The maximum atomic E-state index is 11.3. The molecule has 0 atom stereocenters. The fraction of sp³-hybridized carbons (Fsp3) is 0.615. The molecule has 3 nitrogen and oxygen atoms in total. The zero-order valence-corrected chi connectivity index (χ0v) is 10.2. The molecule has 0 radical (unpaired) electrons. The number of aliphatic hydroxyl groups is 1. The average Bonchev–Trinajstić information content (AvgIpc) is 2.26. The summed E-state index contributed by atoms with van der Waals surface area (Å²) >= 11 is 0. The highest BCUT2D eigenvalue weighted by Crippen LogP contribution is 2.07. The number of aryl methyl sites for hydroxylation is 1. The van der Waals surface area contributed by atoms with Crippen molar-refractivity contribution in [2.45, 2.75) is 52.7 Å². The monoisotopic (exact) mass is 223 g/mol. The second-order valence-corrected chi connectivity index (χ2v) is 4.19. The number of hydrogen-bond acceptors (Lipinski definition) is 2. The Morgan fingerprint density at radius 2 is 2.00 bits per heavy atom. The molecule has 0 aromatic carbocycles. The molecular weight excluding hydrogens is 202 g/mol. The van der Waals surface area contributed by atoms with Gasteiger partial charge in [-0.25, -0.2) is 0 Å². The lowest BCUT2D eigenvalue weighted by atomic mass is 10.2. The molecule has 0 unspecified atom stereocenters. The average molecular weight is 223 g/mol. The molecule has 0 saturated heterocycles. The molecule has 16 heavy (non-hydrogen) atoms. The summed E-state index contributed by atoms with van der Waals surface area (Å²) in [6.07, 6.45) is 4.77. The minimum absolute atomic E-state index is 0.0219. The summed E-state index contributed by atoms with van der Waals surface area (Å²) in [6.45, 7) is 4.93. The number of hydrogen-bond donors (Lipinski definition) is 1. The van der Waals surface area contributed by atoms with Crippen molar-refractivity contribution >= 4 is 0 Å². The van der Waals surface area contributed by atoms with Crippen LogP contribution in [0.3, 0.4) is 0 Å². The van der Waals surface area contributed by atoms with Crippen LogP contribution in [0.15, 0.2) is 16.9 Å². The van der Waals surface area contributed by atoms with Gasteiger partial charge in [0, 0.05) is 30.1 Å². The maximum absolute atomic E-state index is 11.3. The highest BCUT2D eigenvalue weighted by Gasteiger charge is 2.03. The van der Waals surface area contributed by atoms with Gasteiger partial charge in [0.2, 0.25) is 0 Å². The van der Waals surface area contributed by atoms with E-state index in [2.05, 4.69) is 6.92 Å². The van der Waals surface area contributed by atoms with Crippen molar-refractivity contribution in [1.82, 2.24) is 4.57 Å². The van der Waals surface area contributed by atoms with Crippen molar-refractivity contribution in [1.29, 1.82) is 0 Å². The van der Waals surface area contributed by atoms with E-state index in [0.29, 0.717) is 0 Å². The minimum atomic E-state index is -0.0648. The maximum Gasteiger partial charge on any atom is 0.182 e. The Labute approximate surface area is 96.7 Å². The van der Waals surface area contributed by atoms with Gasteiger partial charge in [-0.2, -0.15) is 0 Å². The smallest absolute Gasteiger partial charge is 0.182 e. The molecule has 0 spiro atoms. The van der Waals surface area contributed by atoms with Crippen molar-refractivity contribution in [3.8, 4) is 0 Å². The molecule has 1 aromatic rings. The largest absolute Gasteiger partial charge is 0.390 e. The number of aromatic nitrogens is 1. The van der Waals surface area contributed by atoms with Crippen LogP contribution in [0.1, 0.15) is 44.0 Å². The molecular formula is C13H21NO2. The summed E-state index contributed by atoms with van der Waals surface area (Å²) in [5.74, 6) is 0. The van der Waals surface area contributed by atoms with Crippen molar-refractivity contribution in [2.75, 3.05) is 0 Å². The SMILES string of the molecule is CCCCCCn1c(C)cc(=O)cc1CO. The van der Waals surface area contributed by atoms with E-state index in [1.807, 2.05) is 11.5 Å². The summed E-state index contributed by atoms with van der Waals surface area (Å²) < 4.78 is 2.04. The number of nitrogens with zero attached hydrogens (tertiary/aromatic N) is 1. The summed E-state index contributed by atoms with van der Waals surface area (Å²) in [5, 5.41) is 9.21. The summed E-state index contributed by atoms with van der Waals surface area (Å²) in [7, 11) is 0. The number of pyridine rings is 1. The van der Waals surface area contributed by atoms with E-state index in [9.17, 15) is 9.90 Å². The first-order chi connectivity index (χ1) is 7.69. The molecule has 1 rings (SSSR count). The standard InChI is InChI=1S/C13H21NO2/c1-3-4-5-6-7-14-11(2)8-13(16)9-12(14)10-15/h8-9,15H,3-7,10H2,1-2H3. The lowest BCUT2D eigenvalue weighted by Crippen LogP contribution is -2.15. The molecule has 0 bridgehead atoms. The molecule has 90 valence electrons. The number of aliphatic hydroxyl groups excluding tert-OH is 1. The van der Waals surface area contributed by atoms with Gasteiger partial charge in [0.15, 0.2) is 5.43 Å². The van der Waals surface area contributed by atoms with Gasteiger partial charge in [0.1, 0.15) is 0 Å². The third-order valence-corrected chi connectivity index (χ3v) is 2.83. The van der Waals surface area contributed by atoms with Gasteiger partial charge in [-0.3, -0.25) is 4.79 Å². The lowest BCUT2D eigenvalue weighted by molar-refractivity contribution is 0.268. The minimum Gasteiger partial charge on any atom is -0.390 e. The summed E-state index contributed by atoms with van der Waals surface area (Å²) in [4.78, 5) is 11.3. The van der Waals surface area contributed by atoms with Crippen molar-refractivity contribution < 1.29 is 5.11 Å². The van der Waals surface area contributed by atoms with Crippen LogP contribution in [0, 0.1) is 6.92 Å². The van der Waals surface area contributed by atoms with Gasteiger partial charge >= 0.3 is 0 Å². The lowest BCUT2D eigenvalue weighted by Gasteiger charge is -2.15. The molecule has 0 aliphatic carbocycles. The van der Waals surface area contributed by atoms with Crippen LogP contribution in [0.4, 0.5) is 0 Å². The van der Waals surface area contributed by atoms with Crippen LogP contribution in [-0.4, -0.2) is 9.67 Å². The predicted octanol–water partition coefficient (Wildman–Crippen LogP) is 2.23. The Bertz CT molecular complexity index is 382. The first-order valence-electron chi connectivity index (χ1n) is 6.00. The van der Waals surface area contributed by atoms with Gasteiger partial charge in [-0.15, -0.1) is 0 Å². The quantitative estimate of drug-likeness (QED) is 0.751. The zero-order valence-electron chi connectivity index (χ0n) is 10.2. The number of rotatable bonds is 6. The van der Waals surface area contributed by atoms with E-state index in [4.69, 9.17) is 0 Å². The molecule has 0 aliphatic rings. The molecule has 0 aliphatic heterocycles. The van der Waals surface area contributed by atoms with Gasteiger partial charge in [0.25, 0.3) is 0 Å². The zero-order chi connectivity index (χ0) is 12.0. The highest BCUT2D eigenvalue weighted by molar-refractivity contribution is 5.12. The summed E-state index contributed by atoms with van der Waals surface area (Å²) in [6, 6.07) is 3.14. The van der Waals surface area contributed by atoms with E-state index < -0.39 is 0 Å². The van der Waals surface area contributed by atoms with E-state index >= 15 is 0 Å². The Kier molecular flexibility index (Phi) is 5.26. The Morgan fingerprint density at radius 1 is 1.25 bits per heavy atom. The van der Waals surface area contributed by atoms with Gasteiger partial charge < -0.3 is 9.67 Å². The first-order valence-corrected chi connectivity index (χ1v) is 6.00. The molecule has 1 N–H and O–H groups in total. The Balaban J connectivity index is 2.74. The second kappa shape index (κ2) is 6.48. The second-order valence-electron chi connectivity index (χ2n) is 4.19. The first kappa shape index (κ1) is 13.0. The van der Waals surface area contributed by atoms with Crippen LogP contribution in [0.5, 0.6) is 0 Å². The highest BCUT2D eigenvalue weighted by atomic mass is 16.3. The van der Waals surface area contributed by atoms with Crippen molar-refractivity contribution in [3.05, 3.63) is 33.7 Å². The van der Waals surface area contributed by atoms with Gasteiger partial charge in [-0.05, 0) is 13.3 Å². The van der Waals surface area contributed by atoms with Crippen LogP contribution in [0.25, 0.3) is 0 Å². The molecule has 0 fully saturated rings. The van der Waals surface area contributed by atoms with Gasteiger partial charge in [-0.1, -0.05) is 26.2 Å². The summed E-state index contributed by atoms with van der Waals surface area (Å²) in [5.41, 5.74) is 1.64. The fourth-order valence-corrected chi connectivity index (χ4v) is 1.94. The van der Waals surface area contributed by atoms with Gasteiger partial charge in [0.05, 0.1) is 6.61 Å². The van der Waals surface area contributed by atoms with Crippen molar-refractivity contribution in [2.24, 2.45) is 0 Å². The molecule has 0 amide bonds. The van der Waals surface area contributed by atoms with Crippen LogP contribution < -0.4 is 5.43 Å². The van der Waals surface area contributed by atoms with E-state index in [1.54, 1.807) is 6.07 Å². The van der Waals surface area contributed by atoms with E-state index in [1.165, 1.54) is 25.3 Å². The third-order valence-electron chi connectivity index (χ3n) is 2.83. The normalized spacial score (nSPS) is 10.7. The topological polar surface area (TPSA) is 42.2 Å². The van der Waals surface area contributed by atoms with E-state index in [-0.39, 0.29) is 12.0 Å². The molecule has 0 saturated carbocycles.